The van der Waals surface area contributed by atoms with Crippen LogP contribution in [0.25, 0.3) is 0 Å². The fourth-order valence-electron chi connectivity index (χ4n) is 1.13. The van der Waals surface area contributed by atoms with Gasteiger partial charge in [0.15, 0.2) is 10.2 Å². The third kappa shape index (κ3) is 3.47. The molecule has 0 radical (unpaired) electrons. The Bertz CT molecular complexity index is 418. The van der Waals surface area contributed by atoms with Crippen LogP contribution in [0.4, 0.5) is 13.2 Å². The summed E-state index contributed by atoms with van der Waals surface area (Å²) in [5, 5.41) is 10.9. The molecule has 0 aliphatic heterocycles. The van der Waals surface area contributed by atoms with E-state index >= 15 is 0 Å². The molecule has 96 valence electrons. The topological polar surface area (TPSA) is 62.5 Å². The van der Waals surface area contributed by atoms with E-state index in [-0.39, 0.29) is 10.4 Å². The molecule has 0 fully saturated rings. The Kier molecular flexibility index (Phi) is 3.88. The summed E-state index contributed by atoms with van der Waals surface area (Å²) >= 11 is 2.95. The molecular weight excluding hydrogens is 307 g/mol. The molecule has 1 atom stereocenters. The second-order valence-corrected chi connectivity index (χ2v) is 4.28. The van der Waals surface area contributed by atoms with Gasteiger partial charge in [0.05, 0.1) is 6.54 Å². The van der Waals surface area contributed by atoms with Crippen LogP contribution in [-0.4, -0.2) is 23.8 Å². The summed E-state index contributed by atoms with van der Waals surface area (Å²) in [7, 11) is 0. The lowest BCUT2D eigenvalue weighted by atomic mass is 9.99. The Morgan fingerprint density at radius 3 is 2.47 bits per heavy atom. The highest BCUT2D eigenvalue weighted by Crippen LogP contribution is 2.27. The van der Waals surface area contributed by atoms with Gasteiger partial charge in [-0.1, -0.05) is 0 Å². The van der Waals surface area contributed by atoms with Gasteiger partial charge in [-0.25, -0.2) is 4.79 Å². The van der Waals surface area contributed by atoms with E-state index in [1.54, 1.807) is 0 Å². The molecule has 17 heavy (non-hydrogen) atoms. The third-order valence-corrected chi connectivity index (χ3v) is 2.56. The van der Waals surface area contributed by atoms with Crippen LogP contribution >= 0.6 is 15.9 Å². The van der Waals surface area contributed by atoms with E-state index in [4.69, 9.17) is 9.52 Å². The number of carboxylic acid groups (broad SMARTS) is 1. The number of aliphatic carboxylic acids is 1. The van der Waals surface area contributed by atoms with E-state index in [2.05, 4.69) is 15.9 Å². The minimum Gasteiger partial charge on any atom is -0.480 e. The van der Waals surface area contributed by atoms with Crippen molar-refractivity contribution < 1.29 is 27.5 Å². The number of hydrogen-bond acceptors (Lipinski definition) is 3. The molecule has 0 saturated carbocycles. The van der Waals surface area contributed by atoms with Crippen LogP contribution in [0.1, 0.15) is 12.7 Å². The Morgan fingerprint density at radius 2 is 2.12 bits per heavy atom. The van der Waals surface area contributed by atoms with E-state index in [0.29, 0.717) is 0 Å². The molecule has 0 bridgehead atoms. The summed E-state index contributed by atoms with van der Waals surface area (Å²) in [5.41, 5.74) is -1.93. The molecule has 1 rings (SSSR count). The number of carboxylic acids is 1. The number of rotatable bonds is 4. The van der Waals surface area contributed by atoms with Crippen molar-refractivity contribution in [1.82, 2.24) is 5.32 Å². The SMILES string of the molecule is CC(NCC(F)(F)F)(C(=O)O)c1ccc(Br)o1. The molecular formula is C9H9BrF3NO3. The number of nitrogens with one attached hydrogen (secondary N) is 1. The van der Waals surface area contributed by atoms with Gasteiger partial charge in [-0.2, -0.15) is 13.2 Å². The zero-order valence-corrected chi connectivity index (χ0v) is 10.2. The van der Waals surface area contributed by atoms with Crippen LogP contribution in [0, 0.1) is 0 Å². The summed E-state index contributed by atoms with van der Waals surface area (Å²) in [6.07, 6.45) is -4.50. The molecule has 0 aliphatic carbocycles. The van der Waals surface area contributed by atoms with Crippen LogP contribution in [-0.2, 0) is 10.3 Å². The van der Waals surface area contributed by atoms with Crippen LogP contribution in [0.2, 0.25) is 0 Å². The summed E-state index contributed by atoms with van der Waals surface area (Å²) in [4.78, 5) is 11.0. The van der Waals surface area contributed by atoms with Crippen LogP contribution in [0.5, 0.6) is 0 Å². The highest BCUT2D eigenvalue weighted by atomic mass is 79.9. The maximum absolute atomic E-state index is 12.1. The van der Waals surface area contributed by atoms with Gasteiger partial charge in [0.2, 0.25) is 0 Å². The van der Waals surface area contributed by atoms with Crippen molar-refractivity contribution in [2.24, 2.45) is 0 Å². The highest BCUT2D eigenvalue weighted by Gasteiger charge is 2.41. The van der Waals surface area contributed by atoms with Gasteiger partial charge in [-0.05, 0) is 35.0 Å². The van der Waals surface area contributed by atoms with Gasteiger partial charge >= 0.3 is 12.1 Å². The van der Waals surface area contributed by atoms with E-state index < -0.39 is 24.2 Å². The number of carbonyl (C=O) groups is 1. The average Bonchev–Trinajstić information content (AvgIpc) is 2.60. The lowest BCUT2D eigenvalue weighted by molar-refractivity contribution is -0.150. The second kappa shape index (κ2) is 4.69. The van der Waals surface area contributed by atoms with Gasteiger partial charge in [0.25, 0.3) is 0 Å². The predicted octanol–water partition coefficient (Wildman–Crippen LogP) is 2.49. The van der Waals surface area contributed by atoms with E-state index in [0.717, 1.165) is 6.92 Å². The van der Waals surface area contributed by atoms with Crippen molar-refractivity contribution in [2.75, 3.05) is 6.54 Å². The Hall–Kier alpha value is -1.02. The Morgan fingerprint density at radius 1 is 1.53 bits per heavy atom. The molecule has 8 heteroatoms. The standard InChI is InChI=1S/C9H9BrF3NO3/c1-8(7(15)16,14-4-9(11,12)13)5-2-3-6(10)17-5/h2-3,14H,4H2,1H3,(H,15,16). The first-order valence-corrected chi connectivity index (χ1v) is 5.25. The number of halogens is 4. The molecule has 1 heterocycles. The van der Waals surface area contributed by atoms with E-state index in [1.807, 2.05) is 5.32 Å². The molecule has 0 spiro atoms. The lowest BCUT2D eigenvalue weighted by Gasteiger charge is -2.24. The van der Waals surface area contributed by atoms with Gasteiger partial charge in [0.1, 0.15) is 5.76 Å². The van der Waals surface area contributed by atoms with Crippen molar-refractivity contribution in [3.05, 3.63) is 22.6 Å². The first-order chi connectivity index (χ1) is 7.65. The van der Waals surface area contributed by atoms with Gasteiger partial charge in [0, 0.05) is 0 Å². The normalized spacial score (nSPS) is 15.6. The quantitative estimate of drug-likeness (QED) is 0.896. The number of alkyl halides is 3. The zero-order valence-electron chi connectivity index (χ0n) is 8.64. The highest BCUT2D eigenvalue weighted by molar-refractivity contribution is 9.10. The summed E-state index contributed by atoms with van der Waals surface area (Å²) in [5.74, 6) is -1.57. The number of hydrogen-bond donors (Lipinski definition) is 2. The van der Waals surface area contributed by atoms with Crippen molar-refractivity contribution in [3.63, 3.8) is 0 Å². The molecule has 0 amide bonds. The van der Waals surface area contributed by atoms with Crippen LogP contribution in [0.15, 0.2) is 21.2 Å². The molecule has 4 nitrogen and oxygen atoms in total. The van der Waals surface area contributed by atoms with Crippen LogP contribution in [0.3, 0.4) is 0 Å². The summed E-state index contributed by atoms with van der Waals surface area (Å²) < 4.78 is 41.5. The molecule has 1 aromatic heterocycles. The third-order valence-electron chi connectivity index (χ3n) is 2.14. The molecule has 1 aromatic rings. The van der Waals surface area contributed by atoms with Gasteiger partial charge in [-0.3, -0.25) is 5.32 Å². The predicted molar refractivity (Wildman–Crippen MR) is 55.5 cm³/mol. The van der Waals surface area contributed by atoms with Gasteiger partial charge in [-0.15, -0.1) is 0 Å². The van der Waals surface area contributed by atoms with Crippen molar-refractivity contribution in [3.8, 4) is 0 Å². The first kappa shape index (κ1) is 14.0. The molecule has 0 aromatic carbocycles. The minimum atomic E-state index is -4.50. The maximum Gasteiger partial charge on any atom is 0.401 e. The first-order valence-electron chi connectivity index (χ1n) is 4.46. The molecule has 0 aliphatic rings. The molecule has 0 saturated heterocycles. The Labute approximate surface area is 103 Å². The second-order valence-electron chi connectivity index (χ2n) is 3.50. The minimum absolute atomic E-state index is 0.110. The van der Waals surface area contributed by atoms with Gasteiger partial charge < -0.3 is 9.52 Å². The summed E-state index contributed by atoms with van der Waals surface area (Å²) in [6, 6.07) is 2.70. The summed E-state index contributed by atoms with van der Waals surface area (Å²) in [6.45, 7) is -0.319. The molecule has 1 unspecified atom stereocenters. The van der Waals surface area contributed by atoms with Crippen molar-refractivity contribution in [2.45, 2.75) is 18.6 Å². The van der Waals surface area contributed by atoms with Crippen molar-refractivity contribution >= 4 is 21.9 Å². The fourth-order valence-corrected chi connectivity index (χ4v) is 1.43. The number of furan rings is 1. The maximum atomic E-state index is 12.1. The Balaban J connectivity index is 2.94. The average molecular weight is 316 g/mol. The fraction of sp³-hybridized carbons (Fsp3) is 0.444. The van der Waals surface area contributed by atoms with E-state index in [1.165, 1.54) is 12.1 Å². The van der Waals surface area contributed by atoms with Crippen molar-refractivity contribution in [1.29, 1.82) is 0 Å². The van der Waals surface area contributed by atoms with E-state index in [9.17, 15) is 18.0 Å². The van der Waals surface area contributed by atoms with Crippen LogP contribution < -0.4 is 5.32 Å². The monoisotopic (exact) mass is 315 g/mol. The largest absolute Gasteiger partial charge is 0.480 e. The smallest absolute Gasteiger partial charge is 0.401 e. The molecule has 2 N–H and O–H groups in total. The lowest BCUT2D eigenvalue weighted by Crippen LogP contribution is -2.49. The zero-order chi connectivity index (χ0) is 13.3.